The molecule has 9 nitrogen and oxygen atoms in total. The van der Waals surface area contributed by atoms with Crippen molar-refractivity contribution in [3.05, 3.63) is 52.8 Å². The first-order valence-electron chi connectivity index (χ1n) is 12.7. The number of nitrogens with one attached hydrogen (secondary N) is 1. The SMILES string of the molecule is NC(c1[nH]c2c(c1C(=O)O)CCc1cnc(-c3ccc(OCCN4CCOCC4)cc3)nc1-2)C1CC1. The zero-order valence-corrected chi connectivity index (χ0v) is 20.2. The van der Waals surface area contributed by atoms with Crippen molar-refractivity contribution < 1.29 is 19.4 Å². The molecule has 1 aliphatic heterocycles. The number of hydrogen-bond acceptors (Lipinski definition) is 7. The van der Waals surface area contributed by atoms with Gasteiger partial charge in [-0.25, -0.2) is 14.8 Å². The van der Waals surface area contributed by atoms with Gasteiger partial charge in [0.15, 0.2) is 5.82 Å². The fourth-order valence-electron chi connectivity index (χ4n) is 5.22. The van der Waals surface area contributed by atoms with Gasteiger partial charge in [0.05, 0.1) is 30.2 Å². The number of benzene rings is 1. The Hall–Kier alpha value is -3.27. The third-order valence-corrected chi connectivity index (χ3v) is 7.45. The van der Waals surface area contributed by atoms with Crippen molar-refractivity contribution in [3.63, 3.8) is 0 Å². The molecule has 3 heterocycles. The highest BCUT2D eigenvalue weighted by atomic mass is 16.5. The third-order valence-electron chi connectivity index (χ3n) is 7.45. The smallest absolute Gasteiger partial charge is 0.337 e. The predicted octanol–water partition coefficient (Wildman–Crippen LogP) is 3.06. The van der Waals surface area contributed by atoms with Crippen LogP contribution in [0.1, 0.15) is 46.1 Å². The normalized spacial score (nSPS) is 18.4. The molecule has 1 atom stereocenters. The summed E-state index contributed by atoms with van der Waals surface area (Å²) in [6, 6.07) is 7.50. The molecule has 9 heteroatoms. The third kappa shape index (κ3) is 4.50. The van der Waals surface area contributed by atoms with Gasteiger partial charge < -0.3 is 25.3 Å². The number of H-pyrrole nitrogens is 1. The van der Waals surface area contributed by atoms with Crippen molar-refractivity contribution in [1.82, 2.24) is 19.9 Å². The number of hydrogen-bond donors (Lipinski definition) is 3. The largest absolute Gasteiger partial charge is 0.492 e. The maximum absolute atomic E-state index is 12.2. The first-order chi connectivity index (χ1) is 17.6. The summed E-state index contributed by atoms with van der Waals surface area (Å²) in [6.07, 6.45) is 5.28. The Bertz CT molecular complexity index is 1260. The highest BCUT2D eigenvalue weighted by Crippen LogP contribution is 2.43. The van der Waals surface area contributed by atoms with Crippen LogP contribution in [0.2, 0.25) is 0 Å². The number of fused-ring (bicyclic) bond motifs is 3. The maximum atomic E-state index is 12.2. The van der Waals surface area contributed by atoms with Gasteiger partial charge in [0.25, 0.3) is 0 Å². The molecule has 1 saturated heterocycles. The summed E-state index contributed by atoms with van der Waals surface area (Å²) in [5.41, 5.74) is 11.6. The van der Waals surface area contributed by atoms with E-state index in [9.17, 15) is 9.90 Å². The number of aryl methyl sites for hydroxylation is 1. The molecule has 0 radical (unpaired) electrons. The van der Waals surface area contributed by atoms with Crippen LogP contribution < -0.4 is 10.5 Å². The lowest BCUT2D eigenvalue weighted by Gasteiger charge is -2.26. The summed E-state index contributed by atoms with van der Waals surface area (Å²) >= 11 is 0. The minimum atomic E-state index is -0.930. The molecule has 36 heavy (non-hydrogen) atoms. The number of nitrogens with two attached hydrogens (primary N) is 1. The molecule has 2 fully saturated rings. The number of morpholine rings is 1. The minimum absolute atomic E-state index is 0.290. The Labute approximate surface area is 209 Å². The van der Waals surface area contributed by atoms with Crippen molar-refractivity contribution in [1.29, 1.82) is 0 Å². The highest BCUT2D eigenvalue weighted by Gasteiger charge is 2.36. The number of aromatic amines is 1. The van der Waals surface area contributed by atoms with Crippen LogP contribution in [0, 0.1) is 5.92 Å². The number of carbonyl (C=O) groups is 1. The van der Waals surface area contributed by atoms with E-state index in [0.717, 1.165) is 79.5 Å². The highest BCUT2D eigenvalue weighted by molar-refractivity contribution is 5.94. The quantitative estimate of drug-likeness (QED) is 0.441. The molecule has 2 aromatic heterocycles. The maximum Gasteiger partial charge on any atom is 0.337 e. The molecule has 3 aliphatic rings. The fourth-order valence-corrected chi connectivity index (χ4v) is 5.22. The van der Waals surface area contributed by atoms with E-state index in [4.69, 9.17) is 20.2 Å². The van der Waals surface area contributed by atoms with E-state index < -0.39 is 5.97 Å². The van der Waals surface area contributed by atoms with Crippen LogP contribution in [0.5, 0.6) is 5.75 Å². The number of carboxylic acids is 1. The molecule has 1 aromatic carbocycles. The lowest BCUT2D eigenvalue weighted by atomic mass is 9.91. The molecular weight excluding hydrogens is 458 g/mol. The number of aromatic carboxylic acids is 1. The van der Waals surface area contributed by atoms with Crippen LogP contribution in [-0.2, 0) is 17.6 Å². The number of ether oxygens (including phenoxy) is 2. The lowest BCUT2D eigenvalue weighted by Crippen LogP contribution is -2.38. The van der Waals surface area contributed by atoms with Gasteiger partial charge in [-0.3, -0.25) is 4.90 Å². The van der Waals surface area contributed by atoms with Crippen LogP contribution in [0.15, 0.2) is 30.5 Å². The van der Waals surface area contributed by atoms with Gasteiger partial charge in [-0.05, 0) is 67.0 Å². The van der Waals surface area contributed by atoms with Gasteiger partial charge in [-0.1, -0.05) is 0 Å². The minimum Gasteiger partial charge on any atom is -0.492 e. The van der Waals surface area contributed by atoms with Gasteiger partial charge in [-0.15, -0.1) is 0 Å². The van der Waals surface area contributed by atoms with Crippen molar-refractivity contribution in [2.24, 2.45) is 11.7 Å². The van der Waals surface area contributed by atoms with Crippen LogP contribution >= 0.6 is 0 Å². The average molecular weight is 490 g/mol. The Morgan fingerprint density at radius 3 is 2.72 bits per heavy atom. The van der Waals surface area contributed by atoms with Crippen LogP contribution in [0.4, 0.5) is 0 Å². The first kappa shape index (κ1) is 23.1. The monoisotopic (exact) mass is 489 g/mol. The van der Waals surface area contributed by atoms with E-state index in [2.05, 4.69) is 14.9 Å². The molecule has 1 unspecified atom stereocenters. The van der Waals surface area contributed by atoms with E-state index in [1.54, 1.807) is 0 Å². The summed E-state index contributed by atoms with van der Waals surface area (Å²) < 4.78 is 11.3. The van der Waals surface area contributed by atoms with Crippen molar-refractivity contribution in [3.8, 4) is 28.5 Å². The van der Waals surface area contributed by atoms with Gasteiger partial charge >= 0.3 is 5.97 Å². The molecule has 188 valence electrons. The van der Waals surface area contributed by atoms with E-state index in [1.807, 2.05) is 30.5 Å². The van der Waals surface area contributed by atoms with E-state index >= 15 is 0 Å². The van der Waals surface area contributed by atoms with Crippen molar-refractivity contribution >= 4 is 5.97 Å². The average Bonchev–Trinajstić information content (AvgIpc) is 3.68. The summed E-state index contributed by atoms with van der Waals surface area (Å²) in [5, 5.41) is 9.98. The second-order valence-corrected chi connectivity index (χ2v) is 9.83. The Balaban J connectivity index is 1.22. The van der Waals surface area contributed by atoms with Gasteiger partial charge in [0.2, 0.25) is 0 Å². The Kier molecular flexibility index (Phi) is 6.20. The second-order valence-electron chi connectivity index (χ2n) is 9.83. The summed E-state index contributed by atoms with van der Waals surface area (Å²) in [6.45, 7) is 4.96. The lowest BCUT2D eigenvalue weighted by molar-refractivity contribution is 0.0322. The van der Waals surface area contributed by atoms with Crippen LogP contribution in [-0.4, -0.2) is 70.4 Å². The zero-order valence-electron chi connectivity index (χ0n) is 20.2. The van der Waals surface area contributed by atoms with E-state index in [0.29, 0.717) is 42.4 Å². The molecular formula is C27H31N5O4. The molecule has 4 N–H and O–H groups in total. The topological polar surface area (TPSA) is 127 Å². The van der Waals surface area contributed by atoms with Crippen LogP contribution in [0.3, 0.4) is 0 Å². The Morgan fingerprint density at radius 2 is 2.00 bits per heavy atom. The molecule has 0 bridgehead atoms. The van der Waals surface area contributed by atoms with Gasteiger partial charge in [-0.2, -0.15) is 0 Å². The van der Waals surface area contributed by atoms with E-state index in [1.165, 1.54) is 0 Å². The predicted molar refractivity (Wildman–Crippen MR) is 134 cm³/mol. The molecule has 6 rings (SSSR count). The first-order valence-corrected chi connectivity index (χ1v) is 12.7. The standard InChI is InChI=1S/C27H31N5O4/c28-22(16-1-2-16)25-21(27(33)34)20-8-5-18-15-29-26(31-23(18)24(20)30-25)17-3-6-19(7-4-17)36-14-11-32-9-12-35-13-10-32/h3-4,6-7,15-16,22,30H,1-2,5,8-14,28H2,(H,33,34). The summed E-state index contributed by atoms with van der Waals surface area (Å²) in [4.78, 5) is 27.4. The fraction of sp³-hybridized carbons (Fsp3) is 0.444. The molecule has 0 amide bonds. The number of carboxylic acid groups (broad SMARTS) is 1. The second kappa shape index (κ2) is 9.65. The molecule has 1 saturated carbocycles. The zero-order chi connectivity index (χ0) is 24.6. The number of nitrogens with zero attached hydrogens (tertiary/aromatic N) is 3. The number of rotatable bonds is 8. The molecule has 2 aliphatic carbocycles. The van der Waals surface area contributed by atoms with Crippen LogP contribution in [0.25, 0.3) is 22.8 Å². The van der Waals surface area contributed by atoms with Gasteiger partial charge in [0, 0.05) is 43.1 Å². The molecule has 0 spiro atoms. The van der Waals surface area contributed by atoms with Crippen molar-refractivity contribution in [2.75, 3.05) is 39.5 Å². The Morgan fingerprint density at radius 1 is 1.22 bits per heavy atom. The molecule has 3 aromatic rings. The van der Waals surface area contributed by atoms with E-state index in [-0.39, 0.29) is 6.04 Å². The van der Waals surface area contributed by atoms with Crippen molar-refractivity contribution in [2.45, 2.75) is 31.7 Å². The van der Waals surface area contributed by atoms with Gasteiger partial charge in [0.1, 0.15) is 12.4 Å². The number of aromatic nitrogens is 3. The summed E-state index contributed by atoms with van der Waals surface area (Å²) in [5.74, 6) is 0.821. The summed E-state index contributed by atoms with van der Waals surface area (Å²) in [7, 11) is 0.